The van der Waals surface area contributed by atoms with Gasteiger partial charge in [0.1, 0.15) is 30.2 Å². The number of hydrogen-bond acceptors (Lipinski definition) is 5. The molecule has 17 heavy (non-hydrogen) atoms. The van der Waals surface area contributed by atoms with E-state index in [2.05, 4.69) is 4.98 Å². The fraction of sp³-hybridized carbons (Fsp3) is 0.500. The lowest BCUT2D eigenvalue weighted by molar-refractivity contribution is -0.0237. The summed E-state index contributed by atoms with van der Waals surface area (Å²) in [7, 11) is 0. The topological polar surface area (TPSA) is 103 Å². The van der Waals surface area contributed by atoms with Gasteiger partial charge in [-0.2, -0.15) is 0 Å². The first-order valence-corrected chi connectivity index (χ1v) is 5.05. The van der Waals surface area contributed by atoms with Crippen LogP contribution in [-0.2, 0) is 4.74 Å². The third-order valence-corrected chi connectivity index (χ3v) is 2.75. The molecule has 1 unspecified atom stereocenters. The van der Waals surface area contributed by atoms with Crippen molar-refractivity contribution in [1.29, 1.82) is 0 Å². The van der Waals surface area contributed by atoms with Crippen LogP contribution in [0.4, 0.5) is 4.39 Å². The summed E-state index contributed by atoms with van der Waals surface area (Å²) >= 11 is 0. The Balaban J connectivity index is 2.32. The van der Waals surface area contributed by atoms with Gasteiger partial charge in [0.25, 0.3) is 5.56 Å². The fourth-order valence-corrected chi connectivity index (χ4v) is 1.83. The Morgan fingerprint density at radius 2 is 2.12 bits per heavy atom. The highest BCUT2D eigenvalue weighted by Crippen LogP contribution is 2.33. The minimum absolute atomic E-state index is 0.0629. The van der Waals surface area contributed by atoms with E-state index >= 15 is 0 Å². The van der Waals surface area contributed by atoms with Crippen molar-refractivity contribution in [3.8, 4) is 0 Å². The molecule has 6 nitrogen and oxygen atoms in total. The van der Waals surface area contributed by atoms with E-state index < -0.39 is 42.4 Å². The van der Waals surface area contributed by atoms with Crippen LogP contribution in [0.2, 0.25) is 0 Å². The van der Waals surface area contributed by atoms with E-state index in [1.165, 1.54) is 0 Å². The van der Waals surface area contributed by atoms with Crippen LogP contribution in [0.3, 0.4) is 0 Å². The zero-order valence-corrected chi connectivity index (χ0v) is 8.71. The number of H-pyrrole nitrogens is 1. The second-order valence-electron chi connectivity index (χ2n) is 3.86. The van der Waals surface area contributed by atoms with Gasteiger partial charge >= 0.3 is 0 Å². The number of aromatic amines is 1. The van der Waals surface area contributed by atoms with Gasteiger partial charge in [0.2, 0.25) is 0 Å². The van der Waals surface area contributed by atoms with Crippen LogP contribution in [0.25, 0.3) is 0 Å². The van der Waals surface area contributed by atoms with Crippen LogP contribution in [0.1, 0.15) is 11.7 Å². The van der Waals surface area contributed by atoms with Crippen molar-refractivity contribution in [1.82, 2.24) is 4.98 Å². The summed E-state index contributed by atoms with van der Waals surface area (Å²) in [5, 5.41) is 28.1. The number of aliphatic hydroxyl groups excluding tert-OH is 3. The Labute approximate surface area is 95.3 Å². The molecule has 1 aliphatic heterocycles. The van der Waals surface area contributed by atoms with Gasteiger partial charge in [-0.05, 0) is 0 Å². The molecular weight excluding hydrogens is 233 g/mol. The molecule has 0 spiro atoms. The van der Waals surface area contributed by atoms with E-state index in [9.17, 15) is 19.4 Å². The molecule has 4 N–H and O–H groups in total. The molecule has 0 amide bonds. The monoisotopic (exact) mass is 245 g/mol. The Kier molecular flexibility index (Phi) is 3.25. The number of hydrogen-bond donors (Lipinski definition) is 4. The molecule has 1 fully saturated rings. The Bertz CT molecular complexity index is 462. The van der Waals surface area contributed by atoms with Gasteiger partial charge in [-0.25, -0.2) is 4.39 Å². The molecule has 4 atom stereocenters. The molecule has 0 radical (unpaired) electrons. The highest BCUT2D eigenvalue weighted by Gasteiger charge is 2.44. The van der Waals surface area contributed by atoms with Crippen molar-refractivity contribution in [3.05, 3.63) is 34.0 Å². The number of ether oxygens (including phenoxy) is 1. The molecule has 2 heterocycles. The number of rotatable bonds is 2. The molecule has 1 aromatic heterocycles. The summed E-state index contributed by atoms with van der Waals surface area (Å²) in [5.41, 5.74) is -0.676. The fourth-order valence-electron chi connectivity index (χ4n) is 1.83. The van der Waals surface area contributed by atoms with Crippen LogP contribution < -0.4 is 5.56 Å². The Morgan fingerprint density at radius 3 is 2.65 bits per heavy atom. The molecule has 2 rings (SSSR count). The predicted octanol–water partition coefficient (Wildman–Crippen LogP) is -1.33. The summed E-state index contributed by atoms with van der Waals surface area (Å²) < 4.78 is 18.6. The summed E-state index contributed by atoms with van der Waals surface area (Å²) in [6, 6.07) is 0.726. The second kappa shape index (κ2) is 4.53. The van der Waals surface area contributed by atoms with Crippen LogP contribution in [0, 0.1) is 5.82 Å². The first-order valence-electron chi connectivity index (χ1n) is 5.05. The average Bonchev–Trinajstić information content (AvgIpc) is 2.57. The normalized spacial score (nSPS) is 32.9. The number of halogens is 1. The van der Waals surface area contributed by atoms with Crippen molar-refractivity contribution in [2.75, 3.05) is 6.61 Å². The van der Waals surface area contributed by atoms with Gasteiger partial charge in [-0.3, -0.25) is 4.79 Å². The average molecular weight is 245 g/mol. The maximum Gasteiger partial charge on any atom is 0.250 e. The van der Waals surface area contributed by atoms with Gasteiger partial charge < -0.3 is 25.0 Å². The number of nitrogens with one attached hydrogen (secondary N) is 1. The van der Waals surface area contributed by atoms with Crippen molar-refractivity contribution in [2.24, 2.45) is 0 Å². The molecule has 1 saturated heterocycles. The Hall–Kier alpha value is -1.28. The minimum Gasteiger partial charge on any atom is -0.394 e. The quantitative estimate of drug-likeness (QED) is 0.517. The molecule has 0 bridgehead atoms. The lowest BCUT2D eigenvalue weighted by Crippen LogP contribution is -2.32. The van der Waals surface area contributed by atoms with Gasteiger partial charge in [0, 0.05) is 17.8 Å². The SMILES string of the molecule is O=c1cc(F)c([C@@H]2O[C@H](CO)C(O)[C@@H]2O)c[nH]1. The number of pyridine rings is 1. The van der Waals surface area contributed by atoms with Crippen LogP contribution in [0.5, 0.6) is 0 Å². The van der Waals surface area contributed by atoms with Crippen LogP contribution in [0.15, 0.2) is 17.1 Å². The third-order valence-electron chi connectivity index (χ3n) is 2.75. The zero-order valence-electron chi connectivity index (χ0n) is 8.71. The van der Waals surface area contributed by atoms with Crippen molar-refractivity contribution >= 4 is 0 Å². The molecule has 0 saturated carbocycles. The van der Waals surface area contributed by atoms with Gasteiger partial charge in [0.05, 0.1) is 6.61 Å². The van der Waals surface area contributed by atoms with E-state index in [-0.39, 0.29) is 5.56 Å². The molecule has 7 heteroatoms. The highest BCUT2D eigenvalue weighted by atomic mass is 19.1. The molecular formula is C10H12FNO5. The summed E-state index contributed by atoms with van der Waals surface area (Å²) in [5.74, 6) is -0.830. The number of aromatic nitrogens is 1. The van der Waals surface area contributed by atoms with Gasteiger partial charge in [-0.1, -0.05) is 0 Å². The maximum atomic E-state index is 13.5. The van der Waals surface area contributed by atoms with Crippen LogP contribution in [-0.4, -0.2) is 45.2 Å². The minimum atomic E-state index is -1.35. The van der Waals surface area contributed by atoms with E-state index in [0.717, 1.165) is 12.3 Å². The van der Waals surface area contributed by atoms with E-state index in [1.807, 2.05) is 0 Å². The molecule has 1 aliphatic rings. The third kappa shape index (κ3) is 2.09. The van der Waals surface area contributed by atoms with Crippen molar-refractivity contribution in [2.45, 2.75) is 24.4 Å². The summed E-state index contributed by atoms with van der Waals surface area (Å²) in [6.07, 6.45) is -3.65. The number of aliphatic hydroxyl groups is 3. The standard InChI is InChI=1S/C10H12FNO5/c11-5-1-7(14)12-2-4(5)10-9(16)8(15)6(3-13)17-10/h1-2,6,8-10,13,15-16H,3H2,(H,12,14)/t6-,8?,9+,10+/m1/s1. The van der Waals surface area contributed by atoms with E-state index in [4.69, 9.17) is 9.84 Å². The molecule has 0 aromatic carbocycles. The molecule has 1 aromatic rings. The highest BCUT2D eigenvalue weighted by molar-refractivity contribution is 5.19. The summed E-state index contributed by atoms with van der Waals surface area (Å²) in [6.45, 7) is -0.486. The van der Waals surface area contributed by atoms with Crippen molar-refractivity contribution in [3.63, 3.8) is 0 Å². The zero-order chi connectivity index (χ0) is 12.6. The van der Waals surface area contributed by atoms with Gasteiger partial charge in [-0.15, -0.1) is 0 Å². The van der Waals surface area contributed by atoms with Gasteiger partial charge in [0.15, 0.2) is 0 Å². The Morgan fingerprint density at radius 1 is 1.41 bits per heavy atom. The molecule has 0 aliphatic carbocycles. The summed E-state index contributed by atoms with van der Waals surface area (Å²) in [4.78, 5) is 13.1. The van der Waals surface area contributed by atoms with Crippen molar-refractivity contribution < 1.29 is 24.4 Å². The largest absolute Gasteiger partial charge is 0.394 e. The first-order chi connectivity index (χ1) is 8.04. The maximum absolute atomic E-state index is 13.5. The second-order valence-corrected chi connectivity index (χ2v) is 3.86. The molecule has 94 valence electrons. The lowest BCUT2D eigenvalue weighted by Gasteiger charge is -2.15. The van der Waals surface area contributed by atoms with Crippen LogP contribution >= 0.6 is 0 Å². The first kappa shape index (κ1) is 12.2. The van der Waals surface area contributed by atoms with E-state index in [0.29, 0.717) is 0 Å². The lowest BCUT2D eigenvalue weighted by atomic mass is 10.0. The predicted molar refractivity (Wildman–Crippen MR) is 53.7 cm³/mol. The smallest absolute Gasteiger partial charge is 0.250 e. The van der Waals surface area contributed by atoms with E-state index in [1.54, 1.807) is 0 Å².